The molecule has 0 saturated carbocycles. The molecule has 0 aliphatic carbocycles. The first-order chi connectivity index (χ1) is 7.77. The highest BCUT2D eigenvalue weighted by molar-refractivity contribution is 5.92. The van der Waals surface area contributed by atoms with Crippen LogP contribution in [0.1, 0.15) is 19.8 Å². The van der Waals surface area contributed by atoms with Gasteiger partial charge in [0.2, 0.25) is 5.91 Å². The predicted octanol–water partition coefficient (Wildman–Crippen LogP) is 1.84. The fourth-order valence-corrected chi connectivity index (χ4v) is 1.94. The standard InChI is InChI=1S/C12H16N2O2/c1-9-11(5-3-7-16-9)12(15)14-10-4-2-6-13-8-10/h2,4,6,8-9,11H,3,5,7H2,1H3,(H,14,15). The van der Waals surface area contributed by atoms with Crippen LogP contribution in [0.2, 0.25) is 0 Å². The number of hydrogen-bond acceptors (Lipinski definition) is 3. The van der Waals surface area contributed by atoms with Crippen molar-refractivity contribution < 1.29 is 9.53 Å². The molecule has 2 unspecified atom stereocenters. The summed E-state index contributed by atoms with van der Waals surface area (Å²) in [6, 6.07) is 3.63. The van der Waals surface area contributed by atoms with E-state index in [9.17, 15) is 4.79 Å². The second kappa shape index (κ2) is 5.07. The minimum Gasteiger partial charge on any atom is -0.378 e. The lowest BCUT2D eigenvalue weighted by Crippen LogP contribution is -2.36. The van der Waals surface area contributed by atoms with Crippen LogP contribution < -0.4 is 5.32 Å². The van der Waals surface area contributed by atoms with Crippen molar-refractivity contribution in [2.45, 2.75) is 25.9 Å². The number of anilines is 1. The minimum atomic E-state index is -0.0473. The summed E-state index contributed by atoms with van der Waals surface area (Å²) in [7, 11) is 0. The van der Waals surface area contributed by atoms with E-state index in [0.29, 0.717) is 0 Å². The summed E-state index contributed by atoms with van der Waals surface area (Å²) in [4.78, 5) is 15.9. The highest BCUT2D eigenvalue weighted by Crippen LogP contribution is 2.22. The third-order valence-corrected chi connectivity index (χ3v) is 2.87. The van der Waals surface area contributed by atoms with Gasteiger partial charge in [0.15, 0.2) is 0 Å². The zero-order valence-corrected chi connectivity index (χ0v) is 9.35. The highest BCUT2D eigenvalue weighted by Gasteiger charge is 2.28. The Balaban J connectivity index is 1.97. The molecule has 4 heteroatoms. The van der Waals surface area contributed by atoms with Gasteiger partial charge in [-0.2, -0.15) is 0 Å². The van der Waals surface area contributed by atoms with Crippen molar-refractivity contribution >= 4 is 11.6 Å². The number of carbonyl (C=O) groups excluding carboxylic acids is 1. The van der Waals surface area contributed by atoms with Gasteiger partial charge in [-0.1, -0.05) is 0 Å². The van der Waals surface area contributed by atoms with Crippen molar-refractivity contribution in [2.75, 3.05) is 11.9 Å². The third kappa shape index (κ3) is 2.58. The molecular formula is C12H16N2O2. The number of rotatable bonds is 2. The molecule has 0 spiro atoms. The number of aromatic nitrogens is 1. The molecule has 0 bridgehead atoms. The van der Waals surface area contributed by atoms with Gasteiger partial charge in [-0.15, -0.1) is 0 Å². The van der Waals surface area contributed by atoms with Crippen molar-refractivity contribution in [3.63, 3.8) is 0 Å². The molecule has 2 rings (SSSR count). The molecule has 86 valence electrons. The number of carbonyl (C=O) groups is 1. The Kier molecular flexibility index (Phi) is 3.51. The maximum atomic E-state index is 12.0. The predicted molar refractivity (Wildman–Crippen MR) is 61.0 cm³/mol. The van der Waals surface area contributed by atoms with Crippen LogP contribution in [0, 0.1) is 5.92 Å². The average molecular weight is 220 g/mol. The second-order valence-corrected chi connectivity index (χ2v) is 4.06. The first-order valence-corrected chi connectivity index (χ1v) is 5.60. The van der Waals surface area contributed by atoms with Crippen LogP contribution in [0.25, 0.3) is 0 Å². The van der Waals surface area contributed by atoms with Gasteiger partial charge in [0.05, 0.1) is 23.9 Å². The minimum absolute atomic E-state index is 0.00502. The Morgan fingerprint density at radius 3 is 3.19 bits per heavy atom. The van der Waals surface area contributed by atoms with Gasteiger partial charge in [-0.3, -0.25) is 9.78 Å². The van der Waals surface area contributed by atoms with Gasteiger partial charge in [0.25, 0.3) is 0 Å². The van der Waals surface area contributed by atoms with Crippen molar-refractivity contribution in [2.24, 2.45) is 5.92 Å². The van der Waals surface area contributed by atoms with Crippen LogP contribution in [0.4, 0.5) is 5.69 Å². The third-order valence-electron chi connectivity index (χ3n) is 2.87. The van der Waals surface area contributed by atoms with Gasteiger partial charge in [0, 0.05) is 12.8 Å². The average Bonchev–Trinajstić information content (AvgIpc) is 2.31. The molecule has 1 amide bonds. The van der Waals surface area contributed by atoms with E-state index in [4.69, 9.17) is 4.74 Å². The topological polar surface area (TPSA) is 51.2 Å². The molecule has 1 N–H and O–H groups in total. The molecule has 4 nitrogen and oxygen atoms in total. The zero-order valence-electron chi connectivity index (χ0n) is 9.35. The largest absolute Gasteiger partial charge is 0.378 e. The molecule has 1 saturated heterocycles. The van der Waals surface area contributed by atoms with Gasteiger partial charge in [-0.05, 0) is 31.9 Å². The molecule has 1 aromatic heterocycles. The van der Waals surface area contributed by atoms with E-state index >= 15 is 0 Å². The Bertz CT molecular complexity index is 353. The smallest absolute Gasteiger partial charge is 0.230 e. The summed E-state index contributed by atoms with van der Waals surface area (Å²) < 4.78 is 5.47. The number of amides is 1. The molecule has 1 aliphatic rings. The Morgan fingerprint density at radius 1 is 1.62 bits per heavy atom. The van der Waals surface area contributed by atoms with E-state index in [-0.39, 0.29) is 17.9 Å². The monoisotopic (exact) mass is 220 g/mol. The Hall–Kier alpha value is -1.42. The summed E-state index contributed by atoms with van der Waals surface area (Å²) in [5.74, 6) is -0.0193. The molecule has 1 aliphatic heterocycles. The zero-order chi connectivity index (χ0) is 11.4. The van der Waals surface area contributed by atoms with Crippen LogP contribution in [-0.2, 0) is 9.53 Å². The molecule has 2 atom stereocenters. The summed E-state index contributed by atoms with van der Waals surface area (Å²) >= 11 is 0. The Morgan fingerprint density at radius 2 is 2.50 bits per heavy atom. The number of nitrogens with zero attached hydrogens (tertiary/aromatic N) is 1. The molecule has 1 fully saturated rings. The van der Waals surface area contributed by atoms with Crippen LogP contribution in [0.5, 0.6) is 0 Å². The van der Waals surface area contributed by atoms with Gasteiger partial charge in [-0.25, -0.2) is 0 Å². The summed E-state index contributed by atoms with van der Waals surface area (Å²) in [6.07, 6.45) is 5.18. The molecule has 1 aromatic rings. The Labute approximate surface area is 95.0 Å². The van der Waals surface area contributed by atoms with Crippen molar-refractivity contribution in [3.05, 3.63) is 24.5 Å². The van der Waals surface area contributed by atoms with E-state index in [0.717, 1.165) is 25.1 Å². The number of ether oxygens (including phenoxy) is 1. The fourth-order valence-electron chi connectivity index (χ4n) is 1.94. The molecule has 0 radical (unpaired) electrons. The van der Waals surface area contributed by atoms with Crippen molar-refractivity contribution in [1.29, 1.82) is 0 Å². The lowest BCUT2D eigenvalue weighted by atomic mass is 9.94. The van der Waals surface area contributed by atoms with Gasteiger partial charge < -0.3 is 10.1 Å². The quantitative estimate of drug-likeness (QED) is 0.827. The van der Waals surface area contributed by atoms with E-state index in [1.54, 1.807) is 18.5 Å². The first-order valence-electron chi connectivity index (χ1n) is 5.60. The number of hydrogen-bond donors (Lipinski definition) is 1. The summed E-state index contributed by atoms with van der Waals surface area (Å²) in [5, 5.41) is 2.86. The van der Waals surface area contributed by atoms with Crippen LogP contribution >= 0.6 is 0 Å². The van der Waals surface area contributed by atoms with Crippen LogP contribution in [-0.4, -0.2) is 23.6 Å². The molecule has 2 heterocycles. The van der Waals surface area contributed by atoms with Gasteiger partial charge in [0.1, 0.15) is 0 Å². The van der Waals surface area contributed by atoms with Crippen molar-refractivity contribution in [1.82, 2.24) is 4.98 Å². The lowest BCUT2D eigenvalue weighted by Gasteiger charge is -2.27. The molecule has 16 heavy (non-hydrogen) atoms. The van der Waals surface area contributed by atoms with E-state index in [1.165, 1.54) is 0 Å². The first kappa shape index (κ1) is 11.1. The van der Waals surface area contributed by atoms with E-state index in [1.807, 2.05) is 13.0 Å². The fraction of sp³-hybridized carbons (Fsp3) is 0.500. The second-order valence-electron chi connectivity index (χ2n) is 4.06. The normalized spacial score (nSPS) is 25.1. The van der Waals surface area contributed by atoms with E-state index in [2.05, 4.69) is 10.3 Å². The van der Waals surface area contributed by atoms with Gasteiger partial charge >= 0.3 is 0 Å². The van der Waals surface area contributed by atoms with Crippen LogP contribution in [0.3, 0.4) is 0 Å². The maximum Gasteiger partial charge on any atom is 0.230 e. The highest BCUT2D eigenvalue weighted by atomic mass is 16.5. The summed E-state index contributed by atoms with van der Waals surface area (Å²) in [6.45, 7) is 2.71. The maximum absolute atomic E-state index is 12.0. The number of pyridine rings is 1. The summed E-state index contributed by atoms with van der Waals surface area (Å²) in [5.41, 5.74) is 0.741. The van der Waals surface area contributed by atoms with Crippen LogP contribution in [0.15, 0.2) is 24.5 Å². The van der Waals surface area contributed by atoms with E-state index < -0.39 is 0 Å². The SMILES string of the molecule is CC1OCCCC1C(=O)Nc1cccnc1. The van der Waals surface area contributed by atoms with Crippen molar-refractivity contribution in [3.8, 4) is 0 Å². The lowest BCUT2D eigenvalue weighted by molar-refractivity contribution is -0.127. The number of nitrogens with one attached hydrogen (secondary N) is 1. The molecular weight excluding hydrogens is 204 g/mol. The molecule has 0 aromatic carbocycles.